The summed E-state index contributed by atoms with van der Waals surface area (Å²) in [5.41, 5.74) is 4.71. The molecule has 0 bridgehead atoms. The Bertz CT molecular complexity index is 483. The molecule has 0 saturated heterocycles. The van der Waals surface area contributed by atoms with E-state index in [2.05, 4.69) is 48.3 Å². The maximum atomic E-state index is 4.16. The molecule has 2 rings (SSSR count). The van der Waals surface area contributed by atoms with Gasteiger partial charge in [-0.05, 0) is 29.3 Å². The molecule has 2 aromatic carbocycles. The summed E-state index contributed by atoms with van der Waals surface area (Å²) >= 11 is 0. The molecule has 0 unspecified atom stereocenters. The molecule has 0 aromatic heterocycles. The van der Waals surface area contributed by atoms with Crippen LogP contribution >= 0.6 is 0 Å². The topological polar surface area (TPSA) is 12.0 Å². The molecule has 0 spiro atoms. The predicted molar refractivity (Wildman–Crippen MR) is 73.8 cm³/mol. The summed E-state index contributed by atoms with van der Waals surface area (Å²) in [6.07, 6.45) is 0. The van der Waals surface area contributed by atoms with E-state index in [-0.39, 0.29) is 0 Å². The lowest BCUT2D eigenvalue weighted by molar-refractivity contribution is 0.818. The molecule has 0 aliphatic rings. The van der Waals surface area contributed by atoms with Gasteiger partial charge >= 0.3 is 0 Å². The van der Waals surface area contributed by atoms with Crippen molar-refractivity contribution in [3.05, 3.63) is 77.9 Å². The average molecular weight is 223 g/mol. The fourth-order valence-electron chi connectivity index (χ4n) is 1.83. The first-order valence-electron chi connectivity index (χ1n) is 5.79. The van der Waals surface area contributed by atoms with Crippen molar-refractivity contribution < 1.29 is 0 Å². The molecule has 1 nitrogen and oxygen atoms in total. The molecular formula is C16H17N. The monoisotopic (exact) mass is 223 g/mol. The van der Waals surface area contributed by atoms with Gasteiger partial charge in [0.1, 0.15) is 0 Å². The molecule has 1 N–H and O–H groups in total. The molecular weight excluding hydrogens is 206 g/mol. The fraction of sp³-hybridized carbons (Fsp3) is 0.125. The van der Waals surface area contributed by atoms with Crippen molar-refractivity contribution in [2.24, 2.45) is 0 Å². The number of benzene rings is 2. The van der Waals surface area contributed by atoms with Crippen molar-refractivity contribution >= 4 is 5.57 Å². The first-order chi connectivity index (χ1) is 8.31. The van der Waals surface area contributed by atoms with Gasteiger partial charge in [0.15, 0.2) is 0 Å². The normalized spacial score (nSPS) is 10.2. The second kappa shape index (κ2) is 5.46. The Morgan fingerprint density at radius 3 is 2.12 bits per heavy atom. The highest BCUT2D eigenvalue weighted by Gasteiger charge is 2.01. The highest BCUT2D eigenvalue weighted by atomic mass is 14.8. The van der Waals surface area contributed by atoms with Gasteiger partial charge in [0, 0.05) is 6.54 Å². The number of hydrogen-bond donors (Lipinski definition) is 1. The van der Waals surface area contributed by atoms with Gasteiger partial charge in [-0.15, -0.1) is 0 Å². The van der Waals surface area contributed by atoms with E-state index in [1.165, 1.54) is 16.7 Å². The van der Waals surface area contributed by atoms with E-state index >= 15 is 0 Å². The van der Waals surface area contributed by atoms with Crippen LogP contribution in [-0.2, 0) is 6.54 Å². The standard InChI is InChI=1S/C16H17N/c1-13(15-6-4-3-5-7-15)16-10-8-14(9-11-16)12-17-2/h3-11,17H,1,12H2,2H3. The average Bonchev–Trinajstić information content (AvgIpc) is 2.40. The van der Waals surface area contributed by atoms with E-state index in [4.69, 9.17) is 0 Å². The second-order valence-electron chi connectivity index (χ2n) is 4.07. The third-order valence-corrected chi connectivity index (χ3v) is 2.81. The minimum absolute atomic E-state index is 0.901. The van der Waals surface area contributed by atoms with Crippen LogP contribution in [0.15, 0.2) is 61.2 Å². The van der Waals surface area contributed by atoms with Gasteiger partial charge in [-0.2, -0.15) is 0 Å². The number of hydrogen-bond acceptors (Lipinski definition) is 1. The molecule has 86 valence electrons. The lowest BCUT2D eigenvalue weighted by Crippen LogP contribution is -2.04. The van der Waals surface area contributed by atoms with Gasteiger partial charge in [0.25, 0.3) is 0 Å². The lowest BCUT2D eigenvalue weighted by Gasteiger charge is -2.07. The summed E-state index contributed by atoms with van der Waals surface area (Å²) in [5.74, 6) is 0. The fourth-order valence-corrected chi connectivity index (χ4v) is 1.83. The van der Waals surface area contributed by atoms with Crippen LogP contribution in [0.3, 0.4) is 0 Å². The first kappa shape index (κ1) is 11.6. The molecule has 17 heavy (non-hydrogen) atoms. The largest absolute Gasteiger partial charge is 0.316 e. The Kier molecular flexibility index (Phi) is 3.73. The quantitative estimate of drug-likeness (QED) is 0.837. The molecule has 0 fully saturated rings. The van der Waals surface area contributed by atoms with E-state index < -0.39 is 0 Å². The van der Waals surface area contributed by atoms with Gasteiger partial charge in [0.2, 0.25) is 0 Å². The molecule has 1 heteroatoms. The van der Waals surface area contributed by atoms with Gasteiger partial charge in [-0.25, -0.2) is 0 Å². The molecule has 0 radical (unpaired) electrons. The SMILES string of the molecule is C=C(c1ccccc1)c1ccc(CNC)cc1. The van der Waals surface area contributed by atoms with Crippen LogP contribution < -0.4 is 5.32 Å². The van der Waals surface area contributed by atoms with Crippen LogP contribution in [0.25, 0.3) is 5.57 Å². The maximum absolute atomic E-state index is 4.16. The van der Waals surface area contributed by atoms with Gasteiger partial charge in [-0.1, -0.05) is 61.2 Å². The smallest absolute Gasteiger partial charge is 0.0202 e. The van der Waals surface area contributed by atoms with Crippen LogP contribution in [0.5, 0.6) is 0 Å². The zero-order chi connectivity index (χ0) is 12.1. The van der Waals surface area contributed by atoms with Crippen LogP contribution in [0, 0.1) is 0 Å². The zero-order valence-electron chi connectivity index (χ0n) is 10.1. The molecule has 0 saturated carbocycles. The van der Waals surface area contributed by atoms with Crippen molar-refractivity contribution in [1.29, 1.82) is 0 Å². The molecule has 0 heterocycles. The minimum Gasteiger partial charge on any atom is -0.316 e. The molecule has 2 aromatic rings. The summed E-state index contributed by atoms with van der Waals surface area (Å²) in [7, 11) is 1.96. The number of rotatable bonds is 4. The third kappa shape index (κ3) is 2.83. The molecule has 0 aliphatic carbocycles. The summed E-state index contributed by atoms with van der Waals surface area (Å²) in [6.45, 7) is 5.06. The van der Waals surface area contributed by atoms with E-state index in [0.29, 0.717) is 0 Å². The summed E-state index contributed by atoms with van der Waals surface area (Å²) < 4.78 is 0. The van der Waals surface area contributed by atoms with Gasteiger partial charge < -0.3 is 5.32 Å². The van der Waals surface area contributed by atoms with Crippen molar-refractivity contribution in [2.45, 2.75) is 6.54 Å². The zero-order valence-corrected chi connectivity index (χ0v) is 10.1. The number of nitrogens with one attached hydrogen (secondary N) is 1. The van der Waals surface area contributed by atoms with Crippen LogP contribution in [0.1, 0.15) is 16.7 Å². The Labute approximate surface area is 103 Å². The van der Waals surface area contributed by atoms with Crippen molar-refractivity contribution in [3.63, 3.8) is 0 Å². The second-order valence-corrected chi connectivity index (χ2v) is 4.07. The summed E-state index contributed by atoms with van der Waals surface area (Å²) in [4.78, 5) is 0. The van der Waals surface area contributed by atoms with Gasteiger partial charge in [-0.3, -0.25) is 0 Å². The Hall–Kier alpha value is -1.86. The van der Waals surface area contributed by atoms with Crippen LogP contribution in [0.4, 0.5) is 0 Å². The Morgan fingerprint density at radius 1 is 0.941 bits per heavy atom. The minimum atomic E-state index is 0.901. The van der Waals surface area contributed by atoms with Crippen molar-refractivity contribution in [3.8, 4) is 0 Å². The lowest BCUT2D eigenvalue weighted by atomic mass is 9.99. The third-order valence-electron chi connectivity index (χ3n) is 2.81. The van der Waals surface area contributed by atoms with Crippen molar-refractivity contribution in [1.82, 2.24) is 5.32 Å². The van der Waals surface area contributed by atoms with Gasteiger partial charge in [0.05, 0.1) is 0 Å². The highest BCUT2D eigenvalue weighted by molar-refractivity contribution is 5.77. The Morgan fingerprint density at radius 2 is 1.53 bits per heavy atom. The Balaban J connectivity index is 2.20. The predicted octanol–water partition coefficient (Wildman–Crippen LogP) is 3.47. The van der Waals surface area contributed by atoms with Crippen LogP contribution in [-0.4, -0.2) is 7.05 Å². The highest BCUT2D eigenvalue weighted by Crippen LogP contribution is 2.21. The van der Waals surface area contributed by atoms with E-state index in [0.717, 1.165) is 12.1 Å². The van der Waals surface area contributed by atoms with Crippen molar-refractivity contribution in [2.75, 3.05) is 7.05 Å². The van der Waals surface area contributed by atoms with E-state index in [1.807, 2.05) is 25.2 Å². The summed E-state index contributed by atoms with van der Waals surface area (Å²) in [6, 6.07) is 18.8. The molecule has 0 atom stereocenters. The molecule has 0 amide bonds. The van der Waals surface area contributed by atoms with E-state index in [1.54, 1.807) is 0 Å². The van der Waals surface area contributed by atoms with E-state index in [9.17, 15) is 0 Å². The molecule has 0 aliphatic heterocycles. The summed E-state index contributed by atoms with van der Waals surface area (Å²) in [5, 5.41) is 3.14. The van der Waals surface area contributed by atoms with Crippen LogP contribution in [0.2, 0.25) is 0 Å². The maximum Gasteiger partial charge on any atom is 0.0202 e. The first-order valence-corrected chi connectivity index (χ1v) is 5.79.